The SMILES string of the molecule is CCN(CCNC(=NC)NCCCc1nc(C)no1)c1cccc(C)c1. The van der Waals surface area contributed by atoms with Crippen molar-refractivity contribution >= 4 is 11.6 Å². The first-order valence-electron chi connectivity index (χ1n) is 9.17. The number of benzene rings is 1. The molecule has 7 heteroatoms. The van der Waals surface area contributed by atoms with E-state index in [1.54, 1.807) is 7.05 Å². The number of hydrogen-bond acceptors (Lipinski definition) is 5. The number of likely N-dealkylation sites (N-methyl/N-ethyl adjacent to an activating group) is 1. The van der Waals surface area contributed by atoms with Crippen molar-refractivity contribution in [3.05, 3.63) is 41.5 Å². The van der Waals surface area contributed by atoms with Crippen LogP contribution in [0, 0.1) is 13.8 Å². The van der Waals surface area contributed by atoms with E-state index >= 15 is 0 Å². The van der Waals surface area contributed by atoms with Crippen LogP contribution < -0.4 is 15.5 Å². The van der Waals surface area contributed by atoms with Gasteiger partial charge in [0.25, 0.3) is 0 Å². The molecule has 0 spiro atoms. The molecule has 0 saturated carbocycles. The number of nitrogens with one attached hydrogen (secondary N) is 2. The van der Waals surface area contributed by atoms with Crippen LogP contribution in [-0.2, 0) is 6.42 Å². The smallest absolute Gasteiger partial charge is 0.226 e. The zero-order valence-corrected chi connectivity index (χ0v) is 16.2. The summed E-state index contributed by atoms with van der Waals surface area (Å²) in [5, 5.41) is 10.5. The molecule has 0 unspecified atom stereocenters. The fourth-order valence-electron chi connectivity index (χ4n) is 2.71. The Bertz CT molecular complexity index is 697. The van der Waals surface area contributed by atoms with Gasteiger partial charge >= 0.3 is 0 Å². The number of hydrogen-bond donors (Lipinski definition) is 2. The van der Waals surface area contributed by atoms with Gasteiger partial charge in [0.1, 0.15) is 0 Å². The van der Waals surface area contributed by atoms with Crippen LogP contribution >= 0.6 is 0 Å². The van der Waals surface area contributed by atoms with Crippen molar-refractivity contribution < 1.29 is 4.52 Å². The Hall–Kier alpha value is -2.57. The maximum atomic E-state index is 5.11. The fourth-order valence-corrected chi connectivity index (χ4v) is 2.71. The number of aromatic nitrogens is 2. The van der Waals surface area contributed by atoms with Crippen molar-refractivity contribution in [2.75, 3.05) is 38.1 Å². The molecule has 7 nitrogen and oxygen atoms in total. The van der Waals surface area contributed by atoms with E-state index in [0.717, 1.165) is 45.0 Å². The summed E-state index contributed by atoms with van der Waals surface area (Å²) in [6.07, 6.45) is 1.68. The highest BCUT2D eigenvalue weighted by atomic mass is 16.5. The minimum atomic E-state index is 0.680. The van der Waals surface area contributed by atoms with Crippen LogP contribution in [0.25, 0.3) is 0 Å². The predicted molar refractivity (Wildman–Crippen MR) is 106 cm³/mol. The van der Waals surface area contributed by atoms with E-state index in [2.05, 4.69) is 68.8 Å². The molecule has 0 aliphatic carbocycles. The average molecular weight is 358 g/mol. The highest BCUT2D eigenvalue weighted by Gasteiger charge is 2.06. The van der Waals surface area contributed by atoms with Crippen LogP contribution in [0.5, 0.6) is 0 Å². The number of rotatable bonds is 9. The Morgan fingerprint density at radius 2 is 2.04 bits per heavy atom. The lowest BCUT2D eigenvalue weighted by Gasteiger charge is -2.24. The highest BCUT2D eigenvalue weighted by Crippen LogP contribution is 2.14. The zero-order chi connectivity index (χ0) is 18.8. The summed E-state index contributed by atoms with van der Waals surface area (Å²) in [5.41, 5.74) is 2.54. The molecule has 0 bridgehead atoms. The molecule has 1 aromatic carbocycles. The molecule has 0 saturated heterocycles. The van der Waals surface area contributed by atoms with Crippen LogP contribution in [0.2, 0.25) is 0 Å². The average Bonchev–Trinajstić information content (AvgIpc) is 3.05. The van der Waals surface area contributed by atoms with Gasteiger partial charge in [-0.1, -0.05) is 17.3 Å². The van der Waals surface area contributed by atoms with Gasteiger partial charge in [-0.2, -0.15) is 4.98 Å². The van der Waals surface area contributed by atoms with Crippen molar-refractivity contribution in [2.24, 2.45) is 4.99 Å². The van der Waals surface area contributed by atoms with Gasteiger partial charge in [0.05, 0.1) is 0 Å². The van der Waals surface area contributed by atoms with Gasteiger partial charge in [0.2, 0.25) is 5.89 Å². The van der Waals surface area contributed by atoms with Crippen LogP contribution in [0.3, 0.4) is 0 Å². The summed E-state index contributed by atoms with van der Waals surface area (Å²) in [4.78, 5) is 10.8. The van der Waals surface area contributed by atoms with E-state index in [-0.39, 0.29) is 0 Å². The third-order valence-corrected chi connectivity index (χ3v) is 4.08. The molecule has 0 aliphatic rings. The quantitative estimate of drug-likeness (QED) is 0.407. The van der Waals surface area contributed by atoms with E-state index in [1.807, 2.05) is 6.92 Å². The highest BCUT2D eigenvalue weighted by molar-refractivity contribution is 5.79. The normalized spacial score (nSPS) is 11.5. The summed E-state index contributed by atoms with van der Waals surface area (Å²) in [6, 6.07) is 8.60. The Morgan fingerprint density at radius 3 is 2.69 bits per heavy atom. The second-order valence-electron chi connectivity index (χ2n) is 6.18. The van der Waals surface area contributed by atoms with Gasteiger partial charge in [-0.3, -0.25) is 4.99 Å². The molecule has 2 N–H and O–H groups in total. The van der Waals surface area contributed by atoms with Crippen molar-refractivity contribution in [3.8, 4) is 0 Å². The van der Waals surface area contributed by atoms with Gasteiger partial charge in [-0.05, 0) is 44.9 Å². The van der Waals surface area contributed by atoms with Crippen molar-refractivity contribution in [3.63, 3.8) is 0 Å². The molecule has 0 aliphatic heterocycles. The molecule has 0 radical (unpaired) electrons. The molecule has 1 aromatic heterocycles. The first-order valence-corrected chi connectivity index (χ1v) is 9.17. The Balaban J connectivity index is 1.69. The monoisotopic (exact) mass is 358 g/mol. The molecule has 0 fully saturated rings. The van der Waals surface area contributed by atoms with Crippen molar-refractivity contribution in [1.82, 2.24) is 20.8 Å². The van der Waals surface area contributed by atoms with Gasteiger partial charge in [-0.15, -0.1) is 0 Å². The Kier molecular flexibility index (Phi) is 7.92. The lowest BCUT2D eigenvalue weighted by molar-refractivity contribution is 0.372. The molecule has 0 amide bonds. The van der Waals surface area contributed by atoms with E-state index in [0.29, 0.717) is 11.7 Å². The number of aryl methyl sites for hydroxylation is 3. The minimum absolute atomic E-state index is 0.680. The van der Waals surface area contributed by atoms with Crippen molar-refractivity contribution in [2.45, 2.75) is 33.6 Å². The van der Waals surface area contributed by atoms with E-state index in [9.17, 15) is 0 Å². The lowest BCUT2D eigenvalue weighted by Crippen LogP contribution is -2.42. The topological polar surface area (TPSA) is 78.6 Å². The van der Waals surface area contributed by atoms with Crippen molar-refractivity contribution in [1.29, 1.82) is 0 Å². The Labute approximate surface area is 155 Å². The lowest BCUT2D eigenvalue weighted by atomic mass is 10.2. The molecular weight excluding hydrogens is 328 g/mol. The number of guanidine groups is 1. The molecule has 142 valence electrons. The minimum Gasteiger partial charge on any atom is -0.370 e. The fraction of sp³-hybridized carbons (Fsp3) is 0.526. The standard InChI is InChI=1S/C19H30N6O/c1-5-25(17-9-6-8-15(2)14-17)13-12-22-19(20-4)21-11-7-10-18-23-16(3)24-26-18/h6,8-9,14H,5,7,10-13H2,1-4H3,(H2,20,21,22). The van der Waals surface area contributed by atoms with Gasteiger partial charge in [0, 0.05) is 45.3 Å². The number of nitrogens with zero attached hydrogens (tertiary/aromatic N) is 4. The number of aliphatic imine (C=N–C) groups is 1. The first kappa shape index (κ1) is 19.8. The summed E-state index contributed by atoms with van der Waals surface area (Å²) in [7, 11) is 1.79. The van der Waals surface area contributed by atoms with Crippen LogP contribution in [0.4, 0.5) is 5.69 Å². The summed E-state index contributed by atoms with van der Waals surface area (Å²) in [5.74, 6) is 2.18. The second kappa shape index (κ2) is 10.4. The van der Waals surface area contributed by atoms with Crippen LogP contribution in [0.15, 0.2) is 33.8 Å². The van der Waals surface area contributed by atoms with E-state index < -0.39 is 0 Å². The van der Waals surface area contributed by atoms with Gasteiger partial charge in [-0.25, -0.2) is 0 Å². The Morgan fingerprint density at radius 1 is 1.23 bits per heavy atom. The molecule has 2 aromatic rings. The van der Waals surface area contributed by atoms with E-state index in [4.69, 9.17) is 4.52 Å². The third kappa shape index (κ3) is 6.38. The molecule has 1 heterocycles. The molecular formula is C19H30N6O. The zero-order valence-electron chi connectivity index (χ0n) is 16.2. The first-order chi connectivity index (χ1) is 12.6. The molecule has 2 rings (SSSR count). The van der Waals surface area contributed by atoms with E-state index in [1.165, 1.54) is 11.3 Å². The van der Waals surface area contributed by atoms with Crippen LogP contribution in [0.1, 0.15) is 30.6 Å². The summed E-state index contributed by atoms with van der Waals surface area (Å²) < 4.78 is 5.11. The van der Waals surface area contributed by atoms with Gasteiger partial charge in [0.15, 0.2) is 11.8 Å². The summed E-state index contributed by atoms with van der Waals surface area (Å²) >= 11 is 0. The third-order valence-electron chi connectivity index (χ3n) is 4.08. The molecule has 0 atom stereocenters. The summed E-state index contributed by atoms with van der Waals surface area (Å²) in [6.45, 7) is 9.64. The predicted octanol–water partition coefficient (Wildman–Crippen LogP) is 2.31. The van der Waals surface area contributed by atoms with Gasteiger partial charge < -0.3 is 20.1 Å². The number of anilines is 1. The molecule has 26 heavy (non-hydrogen) atoms. The maximum absolute atomic E-state index is 5.11. The maximum Gasteiger partial charge on any atom is 0.226 e. The van der Waals surface area contributed by atoms with Crippen LogP contribution in [-0.4, -0.2) is 49.3 Å². The largest absolute Gasteiger partial charge is 0.370 e. The second-order valence-corrected chi connectivity index (χ2v) is 6.18.